The van der Waals surface area contributed by atoms with Crippen molar-refractivity contribution in [2.45, 2.75) is 6.10 Å². The van der Waals surface area contributed by atoms with E-state index in [4.69, 9.17) is 4.74 Å². The predicted molar refractivity (Wildman–Crippen MR) is 93.5 cm³/mol. The number of aromatic nitrogens is 1. The highest BCUT2D eigenvalue weighted by Gasteiger charge is 2.20. The van der Waals surface area contributed by atoms with Crippen molar-refractivity contribution in [1.29, 1.82) is 0 Å². The van der Waals surface area contributed by atoms with E-state index in [-0.39, 0.29) is 11.5 Å². The number of halogens is 1. The van der Waals surface area contributed by atoms with Crippen LogP contribution >= 0.6 is 11.3 Å². The molecule has 2 aromatic carbocycles. The van der Waals surface area contributed by atoms with Gasteiger partial charge in [0.1, 0.15) is 28.4 Å². The largest absolute Gasteiger partial charge is 0.496 e. The average Bonchev–Trinajstić information content (AvgIpc) is 3.13. The summed E-state index contributed by atoms with van der Waals surface area (Å²) in [5.41, 5.74) is 1.22. The van der Waals surface area contributed by atoms with Crippen LogP contribution in [0.4, 0.5) is 10.1 Å². The number of ether oxygens (including phenoxy) is 1. The number of aliphatic hydroxyl groups is 1. The molecule has 5 nitrogen and oxygen atoms in total. The van der Waals surface area contributed by atoms with Gasteiger partial charge in [0.25, 0.3) is 5.91 Å². The molecule has 7 heteroatoms. The van der Waals surface area contributed by atoms with Crippen molar-refractivity contribution < 1.29 is 19.0 Å². The summed E-state index contributed by atoms with van der Waals surface area (Å²) in [6.07, 6.45) is -0.992. The highest BCUT2D eigenvalue weighted by atomic mass is 32.1. The molecule has 0 aliphatic carbocycles. The third-order valence-electron chi connectivity index (χ3n) is 3.52. The van der Waals surface area contributed by atoms with Crippen molar-refractivity contribution in [2.24, 2.45) is 0 Å². The van der Waals surface area contributed by atoms with Crippen LogP contribution in [0.25, 0.3) is 0 Å². The highest BCUT2D eigenvalue weighted by Crippen LogP contribution is 2.31. The number of methoxy groups -OCH3 is 1. The summed E-state index contributed by atoms with van der Waals surface area (Å²) in [4.78, 5) is 16.4. The molecule has 1 atom stereocenters. The monoisotopic (exact) mass is 358 g/mol. The molecule has 3 aromatic rings. The normalized spacial score (nSPS) is 11.8. The van der Waals surface area contributed by atoms with Crippen molar-refractivity contribution in [3.63, 3.8) is 0 Å². The molecule has 1 aromatic heterocycles. The van der Waals surface area contributed by atoms with Gasteiger partial charge in [0, 0.05) is 16.6 Å². The van der Waals surface area contributed by atoms with Crippen LogP contribution in [0.15, 0.2) is 53.9 Å². The molecule has 0 saturated heterocycles. The second-order valence-electron chi connectivity index (χ2n) is 5.18. The van der Waals surface area contributed by atoms with E-state index in [1.54, 1.807) is 29.6 Å². The molecule has 0 saturated carbocycles. The first-order valence-electron chi connectivity index (χ1n) is 7.42. The van der Waals surface area contributed by atoms with E-state index in [1.165, 1.54) is 42.7 Å². The first-order valence-corrected chi connectivity index (χ1v) is 8.30. The lowest BCUT2D eigenvalue weighted by atomic mass is 10.1. The quantitative estimate of drug-likeness (QED) is 0.731. The molecular formula is C18H15FN2O3S. The number of amides is 1. The molecule has 1 unspecified atom stereocenters. The average molecular weight is 358 g/mol. The van der Waals surface area contributed by atoms with Gasteiger partial charge in [-0.3, -0.25) is 4.79 Å². The zero-order valence-corrected chi connectivity index (χ0v) is 14.1. The minimum absolute atomic E-state index is 0.179. The van der Waals surface area contributed by atoms with Gasteiger partial charge in [-0.05, 0) is 30.3 Å². The molecule has 0 aliphatic heterocycles. The van der Waals surface area contributed by atoms with Gasteiger partial charge in [0.15, 0.2) is 0 Å². The minimum atomic E-state index is -0.992. The van der Waals surface area contributed by atoms with Gasteiger partial charge in [0.05, 0.1) is 7.11 Å². The van der Waals surface area contributed by atoms with Crippen LogP contribution < -0.4 is 10.1 Å². The van der Waals surface area contributed by atoms with E-state index in [1.807, 2.05) is 0 Å². The van der Waals surface area contributed by atoms with Crippen molar-refractivity contribution in [2.75, 3.05) is 12.4 Å². The number of nitrogens with zero attached hydrogens (tertiary/aromatic N) is 1. The summed E-state index contributed by atoms with van der Waals surface area (Å²) >= 11 is 1.18. The van der Waals surface area contributed by atoms with Gasteiger partial charge in [-0.25, -0.2) is 9.37 Å². The lowest BCUT2D eigenvalue weighted by Crippen LogP contribution is -2.12. The Morgan fingerprint density at radius 1 is 1.24 bits per heavy atom. The van der Waals surface area contributed by atoms with Crippen LogP contribution in [0.5, 0.6) is 5.75 Å². The number of para-hydroxylation sites is 1. The van der Waals surface area contributed by atoms with Gasteiger partial charge >= 0.3 is 0 Å². The Hall–Kier alpha value is -2.77. The zero-order chi connectivity index (χ0) is 17.8. The Morgan fingerprint density at radius 2 is 1.96 bits per heavy atom. The Morgan fingerprint density at radius 3 is 2.68 bits per heavy atom. The summed E-state index contributed by atoms with van der Waals surface area (Å²) in [6, 6.07) is 12.5. The number of benzene rings is 2. The number of aliphatic hydroxyl groups excluding tert-OH is 1. The molecule has 1 amide bonds. The maximum Gasteiger partial charge on any atom is 0.275 e. The van der Waals surface area contributed by atoms with Crippen molar-refractivity contribution in [1.82, 2.24) is 4.98 Å². The molecule has 25 heavy (non-hydrogen) atoms. The summed E-state index contributed by atoms with van der Waals surface area (Å²) in [7, 11) is 1.52. The second-order valence-corrected chi connectivity index (χ2v) is 6.07. The zero-order valence-electron chi connectivity index (χ0n) is 13.3. The standard InChI is InChI=1S/C18H15FN2O3S/c1-24-15-5-3-2-4-13(15)16(22)18-21-14(10-25-18)17(23)20-12-8-6-11(19)7-9-12/h2-10,16,22H,1H3,(H,20,23). The maximum absolute atomic E-state index is 12.9. The van der Waals surface area contributed by atoms with Crippen LogP contribution in [0, 0.1) is 5.82 Å². The van der Waals surface area contributed by atoms with Crippen LogP contribution in [0.3, 0.4) is 0 Å². The third-order valence-corrected chi connectivity index (χ3v) is 4.42. The number of rotatable bonds is 5. The molecule has 0 radical (unpaired) electrons. The van der Waals surface area contributed by atoms with E-state index in [0.717, 1.165) is 0 Å². The molecule has 128 valence electrons. The lowest BCUT2D eigenvalue weighted by Gasteiger charge is -2.12. The Kier molecular flexibility index (Phi) is 5.06. The van der Waals surface area contributed by atoms with E-state index < -0.39 is 12.0 Å². The molecule has 0 bridgehead atoms. The number of carbonyl (C=O) groups excluding carboxylic acids is 1. The number of thiazole rings is 1. The summed E-state index contributed by atoms with van der Waals surface area (Å²) in [6.45, 7) is 0. The predicted octanol–water partition coefficient (Wildman–Crippen LogP) is 3.62. The number of hydrogen-bond donors (Lipinski definition) is 2. The van der Waals surface area contributed by atoms with Gasteiger partial charge in [0.2, 0.25) is 0 Å². The Labute approximate surface area is 147 Å². The molecule has 1 heterocycles. The van der Waals surface area contributed by atoms with Crippen LogP contribution in [0.1, 0.15) is 27.2 Å². The van der Waals surface area contributed by atoms with Gasteiger partial charge < -0.3 is 15.2 Å². The minimum Gasteiger partial charge on any atom is -0.496 e. The summed E-state index contributed by atoms with van der Waals surface area (Å²) < 4.78 is 18.1. The number of hydrogen-bond acceptors (Lipinski definition) is 5. The van der Waals surface area contributed by atoms with Gasteiger partial charge in [-0.1, -0.05) is 18.2 Å². The number of carbonyl (C=O) groups is 1. The topological polar surface area (TPSA) is 71.5 Å². The fourth-order valence-corrected chi connectivity index (χ4v) is 3.07. The molecule has 0 spiro atoms. The smallest absolute Gasteiger partial charge is 0.275 e. The first-order chi connectivity index (χ1) is 12.1. The van der Waals surface area contributed by atoms with Gasteiger partial charge in [-0.2, -0.15) is 0 Å². The molecular weight excluding hydrogens is 343 g/mol. The molecule has 3 rings (SSSR count). The Bertz CT molecular complexity index is 880. The van der Waals surface area contributed by atoms with Gasteiger partial charge in [-0.15, -0.1) is 11.3 Å². The first kappa shape index (κ1) is 17.1. The van der Waals surface area contributed by atoms with E-state index in [0.29, 0.717) is 22.0 Å². The van der Waals surface area contributed by atoms with Crippen molar-refractivity contribution in [3.8, 4) is 5.75 Å². The SMILES string of the molecule is COc1ccccc1C(O)c1nc(C(=O)Nc2ccc(F)cc2)cs1. The van der Waals surface area contributed by atoms with E-state index in [2.05, 4.69) is 10.3 Å². The van der Waals surface area contributed by atoms with Crippen molar-refractivity contribution in [3.05, 3.63) is 76.0 Å². The summed E-state index contributed by atoms with van der Waals surface area (Å²) in [5, 5.41) is 15.1. The number of anilines is 1. The van der Waals surface area contributed by atoms with Crippen molar-refractivity contribution >= 4 is 22.9 Å². The fraction of sp³-hybridized carbons (Fsp3) is 0.111. The molecule has 0 fully saturated rings. The second kappa shape index (κ2) is 7.42. The Balaban J connectivity index is 1.77. The maximum atomic E-state index is 12.9. The molecule has 2 N–H and O–H groups in total. The highest BCUT2D eigenvalue weighted by molar-refractivity contribution is 7.10. The van der Waals surface area contributed by atoms with Crippen LogP contribution in [-0.4, -0.2) is 23.1 Å². The van der Waals surface area contributed by atoms with E-state index >= 15 is 0 Å². The van der Waals surface area contributed by atoms with E-state index in [9.17, 15) is 14.3 Å². The van der Waals surface area contributed by atoms with Crippen LogP contribution in [0.2, 0.25) is 0 Å². The molecule has 0 aliphatic rings. The van der Waals surface area contributed by atoms with Crippen LogP contribution in [-0.2, 0) is 0 Å². The number of nitrogens with one attached hydrogen (secondary N) is 1. The third kappa shape index (κ3) is 3.84. The lowest BCUT2D eigenvalue weighted by molar-refractivity contribution is 0.102. The summed E-state index contributed by atoms with van der Waals surface area (Å²) in [5.74, 6) is -0.266. The fourth-order valence-electron chi connectivity index (χ4n) is 2.27.